The molecule has 2 aromatic heterocycles. The van der Waals surface area contributed by atoms with E-state index in [-0.39, 0.29) is 53.2 Å². The van der Waals surface area contributed by atoms with Gasteiger partial charge in [-0.2, -0.15) is 0 Å². The molecule has 1 N–H and O–H groups in total. The van der Waals surface area contributed by atoms with Crippen molar-refractivity contribution in [1.29, 1.82) is 0 Å². The van der Waals surface area contributed by atoms with Gasteiger partial charge in [-0.05, 0) is 54.2 Å². The number of carboxylic acid groups (broad SMARTS) is 1. The molecule has 0 atom stereocenters. The number of ketones is 1. The molecule has 9 nitrogen and oxygen atoms in total. The molecule has 2 aliphatic heterocycles. The van der Waals surface area contributed by atoms with Crippen molar-refractivity contribution in [2.24, 2.45) is 0 Å². The van der Waals surface area contributed by atoms with E-state index in [1.165, 1.54) is 17.8 Å². The van der Waals surface area contributed by atoms with Crippen LogP contribution < -0.4 is 9.47 Å². The first kappa shape index (κ1) is 29.3. The number of ether oxygens (including phenoxy) is 2. The van der Waals surface area contributed by atoms with E-state index in [9.17, 15) is 19.5 Å². The molecule has 0 unspecified atom stereocenters. The number of carboxylic acids is 1. The zero-order chi connectivity index (χ0) is 29.0. The second-order valence-electron chi connectivity index (χ2n) is 11.4. The van der Waals surface area contributed by atoms with Crippen LogP contribution in [0.5, 0.6) is 11.5 Å². The van der Waals surface area contributed by atoms with Crippen LogP contribution in [0.25, 0.3) is 22.0 Å². The normalized spacial score (nSPS) is 17.1. The van der Waals surface area contributed by atoms with Crippen molar-refractivity contribution in [1.82, 2.24) is 14.9 Å². The summed E-state index contributed by atoms with van der Waals surface area (Å²) < 4.78 is 12.1. The molecule has 43 heavy (non-hydrogen) atoms. The summed E-state index contributed by atoms with van der Waals surface area (Å²) in [5.74, 6) is 0.381. The summed E-state index contributed by atoms with van der Waals surface area (Å²) in [7, 11) is 1.61. The Balaban J connectivity index is 0.00000329. The van der Waals surface area contributed by atoms with Gasteiger partial charge in [-0.1, -0.05) is 18.2 Å². The molecule has 7 rings (SSSR count). The van der Waals surface area contributed by atoms with E-state index in [1.807, 2.05) is 12.1 Å². The molecular weight excluding hydrogens is 557 g/mol. The summed E-state index contributed by atoms with van der Waals surface area (Å²) in [4.78, 5) is 49.0. The van der Waals surface area contributed by atoms with Crippen LogP contribution in [0.15, 0.2) is 60.9 Å². The molecule has 0 radical (unpaired) electrons. The number of hydrogen-bond acceptors (Lipinski definition) is 7. The number of aromatic nitrogens is 2. The molecule has 2 aromatic carbocycles. The molecule has 214 valence electrons. The maximum atomic E-state index is 13.6. The average molecular weight is 588 g/mol. The number of Topliss-reactive ketones (excluding diaryl/α,β-unsaturated/α-hetero) is 1. The SMILES string of the molecule is COc1cc(C(=O)N2CCC3(CC2)CC(=O)c2cc(-c4cncc(C(=O)O)c4)ccc2O3)nc2c(C3CC3)cccc12.[NaH]. The fraction of sp³-hybridized carbons (Fsp3) is 0.303. The predicted molar refractivity (Wildman–Crippen MR) is 161 cm³/mol. The number of rotatable bonds is 5. The summed E-state index contributed by atoms with van der Waals surface area (Å²) in [6, 6.07) is 14.7. The topological polar surface area (TPSA) is 119 Å². The van der Waals surface area contributed by atoms with E-state index >= 15 is 0 Å². The van der Waals surface area contributed by atoms with Gasteiger partial charge in [0.15, 0.2) is 5.78 Å². The third-order valence-electron chi connectivity index (χ3n) is 8.66. The van der Waals surface area contributed by atoms with Gasteiger partial charge in [-0.15, -0.1) is 0 Å². The van der Waals surface area contributed by atoms with Gasteiger partial charge in [-0.3, -0.25) is 14.6 Å². The minimum atomic E-state index is -1.06. The number of methoxy groups -OCH3 is 1. The molecule has 1 amide bonds. The molecular formula is C33H30N3NaO6. The third kappa shape index (κ3) is 5.41. The number of nitrogens with zero attached hydrogens (tertiary/aromatic N) is 3. The van der Waals surface area contributed by atoms with Crippen LogP contribution in [0.3, 0.4) is 0 Å². The molecule has 1 saturated heterocycles. The van der Waals surface area contributed by atoms with Gasteiger partial charge in [0.05, 0.1) is 30.2 Å². The number of piperidine rings is 1. The molecule has 10 heteroatoms. The van der Waals surface area contributed by atoms with E-state index in [0.29, 0.717) is 65.7 Å². The fourth-order valence-electron chi connectivity index (χ4n) is 6.19. The Morgan fingerprint density at radius 2 is 1.84 bits per heavy atom. The van der Waals surface area contributed by atoms with Gasteiger partial charge < -0.3 is 19.5 Å². The first-order chi connectivity index (χ1) is 20.3. The number of carbonyl (C=O) groups is 3. The van der Waals surface area contributed by atoms with Gasteiger partial charge in [-0.25, -0.2) is 9.78 Å². The second kappa shape index (κ2) is 11.4. The Labute approximate surface area is 270 Å². The van der Waals surface area contributed by atoms with Crippen molar-refractivity contribution in [2.45, 2.75) is 43.6 Å². The summed E-state index contributed by atoms with van der Waals surface area (Å²) in [5, 5.41) is 10.2. The molecule has 1 aliphatic carbocycles. The van der Waals surface area contributed by atoms with E-state index in [2.05, 4.69) is 11.1 Å². The zero-order valence-electron chi connectivity index (χ0n) is 23.1. The van der Waals surface area contributed by atoms with E-state index in [1.54, 1.807) is 42.5 Å². The van der Waals surface area contributed by atoms with Gasteiger partial charge in [0, 0.05) is 55.3 Å². The van der Waals surface area contributed by atoms with Gasteiger partial charge in [0.25, 0.3) is 5.91 Å². The van der Waals surface area contributed by atoms with Crippen LogP contribution in [0.4, 0.5) is 0 Å². The van der Waals surface area contributed by atoms with Crippen molar-refractivity contribution in [3.63, 3.8) is 0 Å². The Hall–Kier alpha value is -3.79. The molecule has 4 heterocycles. The standard InChI is InChI=1S/C33H29N3O6.Na.H/c1-41-29-15-26(35-30-23(19-5-6-19)3-2-4-24(29)30)31(38)36-11-9-33(10-12-36)16-27(37)25-14-20(7-8-28(25)42-33)21-13-22(32(39)40)18-34-17-21;;/h2-4,7-8,13-15,17-19H,5-6,9-12,16H2,1H3,(H,39,40);;. The summed E-state index contributed by atoms with van der Waals surface area (Å²) in [6.45, 7) is 0.888. The zero-order valence-corrected chi connectivity index (χ0v) is 23.1. The van der Waals surface area contributed by atoms with Crippen LogP contribution in [-0.2, 0) is 0 Å². The quantitative estimate of drug-likeness (QED) is 0.329. The predicted octanol–water partition coefficient (Wildman–Crippen LogP) is 4.87. The molecule has 2 fully saturated rings. The second-order valence-corrected chi connectivity index (χ2v) is 11.4. The Morgan fingerprint density at radius 3 is 2.56 bits per heavy atom. The van der Waals surface area contributed by atoms with Crippen LogP contribution in [0.2, 0.25) is 0 Å². The van der Waals surface area contributed by atoms with Crippen molar-refractivity contribution in [3.05, 3.63) is 83.3 Å². The number of carbonyl (C=O) groups excluding carboxylic acids is 2. The minimum absolute atomic E-state index is 0. The van der Waals surface area contributed by atoms with Crippen LogP contribution in [0.1, 0.15) is 74.8 Å². The van der Waals surface area contributed by atoms with Crippen LogP contribution in [-0.4, -0.2) is 93.0 Å². The number of benzene rings is 2. The van der Waals surface area contributed by atoms with E-state index in [4.69, 9.17) is 14.5 Å². The number of para-hydroxylation sites is 1. The molecule has 3 aliphatic rings. The fourth-order valence-corrected chi connectivity index (χ4v) is 6.19. The molecule has 4 aromatic rings. The van der Waals surface area contributed by atoms with Crippen LogP contribution in [0, 0.1) is 0 Å². The Bertz CT molecular complexity index is 1780. The molecule has 1 saturated carbocycles. The molecule has 1 spiro atoms. The number of aromatic carboxylic acids is 1. The van der Waals surface area contributed by atoms with Gasteiger partial charge >= 0.3 is 35.5 Å². The Kier molecular flexibility index (Phi) is 7.75. The monoisotopic (exact) mass is 587 g/mol. The van der Waals surface area contributed by atoms with Crippen molar-refractivity contribution in [2.75, 3.05) is 20.2 Å². The number of pyridine rings is 2. The van der Waals surface area contributed by atoms with Crippen LogP contribution >= 0.6 is 0 Å². The first-order valence-corrected chi connectivity index (χ1v) is 14.2. The Morgan fingerprint density at radius 1 is 1.05 bits per heavy atom. The number of hydrogen-bond donors (Lipinski definition) is 1. The third-order valence-corrected chi connectivity index (χ3v) is 8.66. The number of amides is 1. The van der Waals surface area contributed by atoms with Gasteiger partial charge in [0.1, 0.15) is 22.8 Å². The van der Waals surface area contributed by atoms with Crippen molar-refractivity contribution >= 4 is 58.1 Å². The molecule has 0 bridgehead atoms. The summed E-state index contributed by atoms with van der Waals surface area (Å²) in [6.07, 6.45) is 6.39. The maximum absolute atomic E-state index is 13.6. The van der Waals surface area contributed by atoms with Crippen molar-refractivity contribution in [3.8, 4) is 22.6 Å². The van der Waals surface area contributed by atoms with Crippen molar-refractivity contribution < 1.29 is 29.0 Å². The summed E-state index contributed by atoms with van der Waals surface area (Å²) in [5.41, 5.74) is 3.54. The number of likely N-dealkylation sites (tertiary alicyclic amines) is 1. The average Bonchev–Trinajstić information content (AvgIpc) is 3.86. The van der Waals surface area contributed by atoms with E-state index < -0.39 is 11.6 Å². The first-order valence-electron chi connectivity index (χ1n) is 14.2. The summed E-state index contributed by atoms with van der Waals surface area (Å²) >= 11 is 0. The van der Waals surface area contributed by atoms with Gasteiger partial charge in [0.2, 0.25) is 0 Å². The van der Waals surface area contributed by atoms with E-state index in [0.717, 1.165) is 23.7 Å². The number of fused-ring (bicyclic) bond motifs is 2.